The second-order valence-electron chi connectivity index (χ2n) is 9.15. The normalized spacial score (nSPS) is 12.8. The molecule has 1 aliphatic carbocycles. The van der Waals surface area contributed by atoms with E-state index in [1.165, 1.54) is 13.2 Å². The van der Waals surface area contributed by atoms with Crippen LogP contribution in [-0.4, -0.2) is 91.8 Å². The molecule has 1 aliphatic rings. The van der Waals surface area contributed by atoms with Crippen LogP contribution < -0.4 is 26.0 Å². The van der Waals surface area contributed by atoms with Gasteiger partial charge in [0.2, 0.25) is 11.8 Å². The highest BCUT2D eigenvalue weighted by Crippen LogP contribution is 2.38. The molecule has 6 radical (unpaired) electrons. The highest BCUT2D eigenvalue weighted by molar-refractivity contribution is 6.60. The lowest BCUT2D eigenvalue weighted by molar-refractivity contribution is -0.123. The van der Waals surface area contributed by atoms with E-state index in [9.17, 15) is 14.4 Å². The minimum atomic E-state index is -2.01. The zero-order valence-corrected chi connectivity index (χ0v) is 21.7. The lowest BCUT2D eigenvalue weighted by Gasteiger charge is -2.23. The summed E-state index contributed by atoms with van der Waals surface area (Å²) in [6.45, 7) is 0.0828. The van der Waals surface area contributed by atoms with E-state index in [4.69, 9.17) is 33.4 Å². The quantitative estimate of drug-likeness (QED) is 0.189. The standard InChI is InChI=1S/C24H25B3N8O5/c1-40-21-15(14-10-29-35(11-14)8-7-28-19(37)12-36)3-2-4-16(21)30-17-9-18(31-22(38)13-5-6-13)33-34-20(17)23(39)32-24(25,26)27/h2-4,9-11,13,36H,5-8,12H2,1H3,(H,28,37)(H,32,39)(H2,30,31,33,38). The Hall–Kier alpha value is -4.33. The van der Waals surface area contributed by atoms with Crippen LogP contribution in [0.1, 0.15) is 23.3 Å². The number of nitrogens with one attached hydrogen (secondary N) is 4. The Bertz CT molecular complexity index is 1410. The maximum atomic E-state index is 12.9. The number of hydrogen-bond acceptors (Lipinski definition) is 9. The van der Waals surface area contributed by atoms with E-state index in [0.717, 1.165) is 18.4 Å². The molecule has 0 bridgehead atoms. The molecule has 1 aromatic carbocycles. The summed E-state index contributed by atoms with van der Waals surface area (Å²) >= 11 is 0. The SMILES string of the molecule is [B]C([B])([B])NC(=O)c1nnc(NC(=O)C2CC2)cc1Nc1cccc(-c2cnn(CCNC(=O)CO)c2)c1OC. The summed E-state index contributed by atoms with van der Waals surface area (Å²) in [6.07, 6.45) is 5.01. The molecular formula is C24H25B3N8O5. The van der Waals surface area contributed by atoms with Gasteiger partial charge in [0.15, 0.2) is 11.5 Å². The van der Waals surface area contributed by atoms with Crippen molar-refractivity contribution >= 4 is 58.5 Å². The van der Waals surface area contributed by atoms with Crippen molar-refractivity contribution in [1.82, 2.24) is 30.6 Å². The minimum absolute atomic E-state index is 0.0721. The van der Waals surface area contributed by atoms with Crippen molar-refractivity contribution in [3.63, 3.8) is 0 Å². The van der Waals surface area contributed by atoms with Crippen LogP contribution in [0.2, 0.25) is 0 Å². The molecule has 2 aromatic heterocycles. The van der Waals surface area contributed by atoms with Gasteiger partial charge in [-0.1, -0.05) is 17.4 Å². The molecule has 0 spiro atoms. The molecule has 13 nitrogen and oxygen atoms in total. The first-order chi connectivity index (χ1) is 19.1. The summed E-state index contributed by atoms with van der Waals surface area (Å²) < 4.78 is 7.34. The van der Waals surface area contributed by atoms with Crippen LogP contribution in [0.5, 0.6) is 5.75 Å². The summed E-state index contributed by atoms with van der Waals surface area (Å²) in [6, 6.07) is 6.77. The van der Waals surface area contributed by atoms with Gasteiger partial charge in [-0.15, -0.1) is 10.2 Å². The Morgan fingerprint density at radius 1 is 1.18 bits per heavy atom. The van der Waals surface area contributed by atoms with Crippen molar-refractivity contribution in [3.05, 3.63) is 42.4 Å². The average Bonchev–Trinajstić information content (AvgIpc) is 3.66. The van der Waals surface area contributed by atoms with Crippen LogP contribution in [0, 0.1) is 5.92 Å². The van der Waals surface area contributed by atoms with Gasteiger partial charge in [0.05, 0.1) is 54.8 Å². The molecule has 1 saturated carbocycles. The first-order valence-electron chi connectivity index (χ1n) is 12.3. The Balaban J connectivity index is 1.63. The number of amides is 3. The third-order valence-electron chi connectivity index (χ3n) is 5.78. The number of rotatable bonds is 12. The molecule has 4 rings (SSSR count). The molecule has 2 heterocycles. The van der Waals surface area contributed by atoms with Gasteiger partial charge in [0.25, 0.3) is 5.91 Å². The zero-order valence-electron chi connectivity index (χ0n) is 21.7. The molecule has 0 unspecified atom stereocenters. The Kier molecular flexibility index (Phi) is 8.78. The van der Waals surface area contributed by atoms with E-state index >= 15 is 0 Å². The number of hydrogen-bond donors (Lipinski definition) is 5. The summed E-state index contributed by atoms with van der Waals surface area (Å²) in [5.74, 6) is -0.968. The lowest BCUT2D eigenvalue weighted by atomic mass is 9.49. The molecule has 16 heteroatoms. The highest BCUT2D eigenvalue weighted by Gasteiger charge is 2.30. The number of aliphatic hydroxyl groups excluding tert-OH is 1. The largest absolute Gasteiger partial charge is 0.494 e. The number of para-hydroxylation sites is 1. The van der Waals surface area contributed by atoms with Gasteiger partial charge < -0.3 is 31.1 Å². The number of nitrogens with zero attached hydrogens (tertiary/aromatic N) is 4. The van der Waals surface area contributed by atoms with Gasteiger partial charge in [-0.05, 0) is 18.9 Å². The van der Waals surface area contributed by atoms with E-state index in [-0.39, 0.29) is 35.6 Å². The van der Waals surface area contributed by atoms with Crippen LogP contribution in [0.25, 0.3) is 11.1 Å². The number of carbonyl (C=O) groups is 3. The van der Waals surface area contributed by atoms with Gasteiger partial charge in [0.1, 0.15) is 12.4 Å². The second-order valence-corrected chi connectivity index (χ2v) is 9.15. The molecule has 5 N–H and O–H groups in total. The fourth-order valence-electron chi connectivity index (χ4n) is 3.76. The number of methoxy groups -OCH3 is 1. The Morgan fingerprint density at radius 3 is 2.62 bits per heavy atom. The van der Waals surface area contributed by atoms with Crippen molar-refractivity contribution in [2.45, 2.75) is 24.6 Å². The molecule has 0 saturated heterocycles. The highest BCUT2D eigenvalue weighted by atomic mass is 16.5. The summed E-state index contributed by atoms with van der Waals surface area (Å²) in [4.78, 5) is 36.4. The fraction of sp³-hybridized carbons (Fsp3) is 0.333. The number of aliphatic hydroxyl groups is 1. The van der Waals surface area contributed by atoms with Crippen molar-refractivity contribution in [3.8, 4) is 16.9 Å². The fourth-order valence-corrected chi connectivity index (χ4v) is 3.76. The minimum Gasteiger partial charge on any atom is -0.494 e. The third-order valence-corrected chi connectivity index (χ3v) is 5.78. The Labute approximate surface area is 234 Å². The predicted octanol–water partition coefficient (Wildman–Crippen LogP) is -0.604. The number of ether oxygens (including phenoxy) is 1. The first kappa shape index (κ1) is 28.7. The van der Waals surface area contributed by atoms with E-state index in [0.29, 0.717) is 23.5 Å². The predicted molar refractivity (Wildman–Crippen MR) is 148 cm³/mol. The summed E-state index contributed by atoms with van der Waals surface area (Å²) in [5, 5.41) is 29.7. The van der Waals surface area contributed by atoms with Crippen molar-refractivity contribution in [2.24, 2.45) is 5.92 Å². The van der Waals surface area contributed by atoms with Crippen LogP contribution in [0.4, 0.5) is 17.2 Å². The number of anilines is 3. The molecule has 0 aliphatic heterocycles. The van der Waals surface area contributed by atoms with Crippen molar-refractivity contribution in [1.29, 1.82) is 0 Å². The van der Waals surface area contributed by atoms with Crippen LogP contribution in [0.15, 0.2) is 36.7 Å². The second kappa shape index (κ2) is 12.2. The van der Waals surface area contributed by atoms with E-state index < -0.39 is 23.7 Å². The number of carbonyl (C=O) groups excluding carboxylic acids is 3. The van der Waals surface area contributed by atoms with Crippen molar-refractivity contribution in [2.75, 3.05) is 30.9 Å². The molecule has 3 amide bonds. The maximum Gasteiger partial charge on any atom is 0.272 e. The van der Waals surface area contributed by atoms with Gasteiger partial charge >= 0.3 is 0 Å². The van der Waals surface area contributed by atoms with Gasteiger partial charge in [-0.3, -0.25) is 19.1 Å². The van der Waals surface area contributed by atoms with Gasteiger partial charge in [-0.2, -0.15) is 5.10 Å². The first-order valence-corrected chi connectivity index (χ1v) is 12.3. The number of aromatic nitrogens is 4. The molecule has 3 aromatic rings. The monoisotopic (exact) mass is 538 g/mol. The summed E-state index contributed by atoms with van der Waals surface area (Å²) in [7, 11) is 18.1. The summed E-state index contributed by atoms with van der Waals surface area (Å²) in [5.41, 5.74) is 1.85. The molecular weight excluding hydrogens is 513 g/mol. The lowest BCUT2D eigenvalue weighted by Crippen LogP contribution is -2.50. The average molecular weight is 538 g/mol. The van der Waals surface area contributed by atoms with E-state index in [2.05, 4.69) is 36.6 Å². The van der Waals surface area contributed by atoms with Crippen molar-refractivity contribution < 1.29 is 24.2 Å². The molecule has 40 heavy (non-hydrogen) atoms. The van der Waals surface area contributed by atoms with Gasteiger partial charge in [0, 0.05) is 35.9 Å². The number of benzene rings is 1. The van der Waals surface area contributed by atoms with E-state index in [1.807, 2.05) is 6.07 Å². The van der Waals surface area contributed by atoms with E-state index in [1.54, 1.807) is 29.2 Å². The molecule has 0 atom stereocenters. The molecule has 1 fully saturated rings. The van der Waals surface area contributed by atoms with Crippen LogP contribution in [0.3, 0.4) is 0 Å². The van der Waals surface area contributed by atoms with Crippen LogP contribution >= 0.6 is 0 Å². The van der Waals surface area contributed by atoms with Gasteiger partial charge in [-0.25, -0.2) is 0 Å². The zero-order chi connectivity index (χ0) is 28.9. The third kappa shape index (κ3) is 7.41. The smallest absolute Gasteiger partial charge is 0.272 e. The maximum absolute atomic E-state index is 12.9. The Morgan fingerprint density at radius 2 is 1.95 bits per heavy atom. The molecule has 200 valence electrons. The topological polar surface area (TPSA) is 172 Å². The van der Waals surface area contributed by atoms with Crippen LogP contribution in [-0.2, 0) is 16.1 Å².